The maximum Gasteiger partial charge on any atom is -0.0317 e. The van der Waals surface area contributed by atoms with E-state index in [1.54, 1.807) is 5.57 Å². The highest BCUT2D eigenvalue weighted by Crippen LogP contribution is 2.30. The Balaban J connectivity index is 2.40. The van der Waals surface area contributed by atoms with E-state index in [0.29, 0.717) is 0 Å². The summed E-state index contributed by atoms with van der Waals surface area (Å²) in [5, 5.41) is 0. The van der Waals surface area contributed by atoms with Crippen LogP contribution in [0.2, 0.25) is 0 Å². The van der Waals surface area contributed by atoms with E-state index in [2.05, 4.69) is 26.8 Å². The van der Waals surface area contributed by atoms with Crippen molar-refractivity contribution in [2.24, 2.45) is 11.8 Å². The fraction of sp³-hybridized carbons (Fsp3) is 0.818. The SMILES string of the molecule is CCC(C)C1CC=C(C)CC1. The molecule has 2 atom stereocenters. The van der Waals surface area contributed by atoms with E-state index in [0.717, 1.165) is 11.8 Å². The molecule has 0 radical (unpaired) electrons. The number of allylic oxidation sites excluding steroid dienone is 2. The third-order valence-electron chi connectivity index (χ3n) is 3.13. The summed E-state index contributed by atoms with van der Waals surface area (Å²) >= 11 is 0. The van der Waals surface area contributed by atoms with Crippen molar-refractivity contribution in [1.29, 1.82) is 0 Å². The average molecular weight is 152 g/mol. The van der Waals surface area contributed by atoms with Gasteiger partial charge in [0.1, 0.15) is 0 Å². The first-order valence-electron chi connectivity index (χ1n) is 4.89. The van der Waals surface area contributed by atoms with Gasteiger partial charge in [0.2, 0.25) is 0 Å². The first-order valence-corrected chi connectivity index (χ1v) is 4.89. The minimum Gasteiger partial charge on any atom is -0.0853 e. The molecule has 0 saturated heterocycles. The van der Waals surface area contributed by atoms with E-state index in [-0.39, 0.29) is 0 Å². The minimum atomic E-state index is 0.930. The lowest BCUT2D eigenvalue weighted by atomic mass is 9.81. The second-order valence-corrected chi connectivity index (χ2v) is 3.97. The molecular weight excluding hydrogens is 132 g/mol. The molecule has 0 saturated carbocycles. The Kier molecular flexibility index (Phi) is 3.16. The van der Waals surface area contributed by atoms with Crippen LogP contribution in [-0.4, -0.2) is 0 Å². The van der Waals surface area contributed by atoms with Crippen molar-refractivity contribution < 1.29 is 0 Å². The Labute approximate surface area is 70.7 Å². The molecule has 1 rings (SSSR count). The molecule has 0 aromatic heterocycles. The zero-order valence-electron chi connectivity index (χ0n) is 8.06. The monoisotopic (exact) mass is 152 g/mol. The summed E-state index contributed by atoms with van der Waals surface area (Å²) in [6.07, 6.45) is 7.88. The van der Waals surface area contributed by atoms with Crippen LogP contribution in [0.3, 0.4) is 0 Å². The van der Waals surface area contributed by atoms with Gasteiger partial charge < -0.3 is 0 Å². The molecule has 0 fully saturated rings. The lowest BCUT2D eigenvalue weighted by Crippen LogP contribution is -2.13. The zero-order valence-corrected chi connectivity index (χ0v) is 8.06. The molecular formula is C11H20. The van der Waals surface area contributed by atoms with Crippen LogP contribution in [0.15, 0.2) is 11.6 Å². The van der Waals surface area contributed by atoms with E-state index in [4.69, 9.17) is 0 Å². The molecule has 0 aromatic carbocycles. The maximum atomic E-state index is 2.43. The van der Waals surface area contributed by atoms with Crippen LogP contribution in [0.1, 0.15) is 46.5 Å². The van der Waals surface area contributed by atoms with Gasteiger partial charge in [-0.3, -0.25) is 0 Å². The predicted octanol–water partition coefficient (Wildman–Crippen LogP) is 3.78. The van der Waals surface area contributed by atoms with Crippen molar-refractivity contribution in [2.45, 2.75) is 46.5 Å². The summed E-state index contributed by atoms with van der Waals surface area (Å²) in [6.45, 7) is 6.95. The molecule has 64 valence electrons. The molecule has 0 N–H and O–H groups in total. The quantitative estimate of drug-likeness (QED) is 0.528. The number of rotatable bonds is 2. The molecule has 0 aromatic rings. The van der Waals surface area contributed by atoms with Crippen LogP contribution < -0.4 is 0 Å². The fourth-order valence-corrected chi connectivity index (χ4v) is 1.84. The summed E-state index contributed by atoms with van der Waals surface area (Å²) in [6, 6.07) is 0. The highest BCUT2D eigenvalue weighted by Gasteiger charge is 2.17. The van der Waals surface area contributed by atoms with Crippen LogP contribution in [0, 0.1) is 11.8 Å². The summed E-state index contributed by atoms with van der Waals surface area (Å²) in [7, 11) is 0. The van der Waals surface area contributed by atoms with Gasteiger partial charge in [-0.25, -0.2) is 0 Å². The molecule has 11 heavy (non-hydrogen) atoms. The Morgan fingerprint density at radius 2 is 2.36 bits per heavy atom. The van der Waals surface area contributed by atoms with Gasteiger partial charge in [-0.15, -0.1) is 0 Å². The fourth-order valence-electron chi connectivity index (χ4n) is 1.84. The topological polar surface area (TPSA) is 0 Å². The van der Waals surface area contributed by atoms with Gasteiger partial charge in [0.25, 0.3) is 0 Å². The Bertz CT molecular complexity index is 144. The van der Waals surface area contributed by atoms with Crippen molar-refractivity contribution in [1.82, 2.24) is 0 Å². The van der Waals surface area contributed by atoms with Crippen molar-refractivity contribution in [3.05, 3.63) is 11.6 Å². The summed E-state index contributed by atoms with van der Waals surface area (Å²) in [5.74, 6) is 1.91. The lowest BCUT2D eigenvalue weighted by Gasteiger charge is -2.25. The van der Waals surface area contributed by atoms with Gasteiger partial charge in [0.15, 0.2) is 0 Å². The van der Waals surface area contributed by atoms with Gasteiger partial charge in [0, 0.05) is 0 Å². The van der Waals surface area contributed by atoms with Crippen molar-refractivity contribution in [3.8, 4) is 0 Å². The van der Waals surface area contributed by atoms with Gasteiger partial charge in [0.05, 0.1) is 0 Å². The zero-order chi connectivity index (χ0) is 8.27. The molecule has 0 heterocycles. The Hall–Kier alpha value is -0.260. The minimum absolute atomic E-state index is 0.930. The van der Waals surface area contributed by atoms with E-state index < -0.39 is 0 Å². The standard InChI is InChI=1S/C11H20/c1-4-10(3)11-7-5-9(2)6-8-11/h5,10-11H,4,6-8H2,1-3H3. The molecule has 0 bridgehead atoms. The maximum absolute atomic E-state index is 2.43. The predicted molar refractivity (Wildman–Crippen MR) is 50.6 cm³/mol. The second-order valence-electron chi connectivity index (χ2n) is 3.97. The molecule has 1 aliphatic carbocycles. The van der Waals surface area contributed by atoms with E-state index >= 15 is 0 Å². The van der Waals surface area contributed by atoms with Crippen LogP contribution in [0.25, 0.3) is 0 Å². The molecule has 0 spiro atoms. The van der Waals surface area contributed by atoms with Gasteiger partial charge in [-0.1, -0.05) is 31.9 Å². The molecule has 0 amide bonds. The molecule has 0 nitrogen and oxygen atoms in total. The van der Waals surface area contributed by atoms with Crippen molar-refractivity contribution in [2.75, 3.05) is 0 Å². The van der Waals surface area contributed by atoms with Gasteiger partial charge in [-0.05, 0) is 38.0 Å². The molecule has 0 heteroatoms. The van der Waals surface area contributed by atoms with Crippen molar-refractivity contribution in [3.63, 3.8) is 0 Å². The lowest BCUT2D eigenvalue weighted by molar-refractivity contribution is 0.319. The van der Waals surface area contributed by atoms with Crippen LogP contribution >= 0.6 is 0 Å². The largest absolute Gasteiger partial charge is 0.0853 e. The number of hydrogen-bond acceptors (Lipinski definition) is 0. The third-order valence-corrected chi connectivity index (χ3v) is 3.13. The van der Waals surface area contributed by atoms with Crippen LogP contribution in [0.5, 0.6) is 0 Å². The van der Waals surface area contributed by atoms with E-state index in [9.17, 15) is 0 Å². The highest BCUT2D eigenvalue weighted by atomic mass is 14.2. The molecule has 1 aliphatic rings. The average Bonchev–Trinajstić information content (AvgIpc) is 2.05. The highest BCUT2D eigenvalue weighted by molar-refractivity contribution is 5.03. The van der Waals surface area contributed by atoms with Crippen molar-refractivity contribution >= 4 is 0 Å². The van der Waals surface area contributed by atoms with E-state index in [1.165, 1.54) is 25.7 Å². The third kappa shape index (κ3) is 2.36. The first kappa shape index (κ1) is 8.83. The smallest absolute Gasteiger partial charge is 0.0317 e. The Morgan fingerprint density at radius 3 is 2.82 bits per heavy atom. The van der Waals surface area contributed by atoms with E-state index in [1.807, 2.05) is 0 Å². The first-order chi connectivity index (χ1) is 5.24. The van der Waals surface area contributed by atoms with Gasteiger partial charge >= 0.3 is 0 Å². The summed E-state index contributed by atoms with van der Waals surface area (Å²) < 4.78 is 0. The number of hydrogen-bond donors (Lipinski definition) is 0. The van der Waals surface area contributed by atoms with Gasteiger partial charge in [-0.2, -0.15) is 0 Å². The summed E-state index contributed by atoms with van der Waals surface area (Å²) in [4.78, 5) is 0. The molecule has 2 unspecified atom stereocenters. The normalized spacial score (nSPS) is 27.9. The van der Waals surface area contributed by atoms with Crippen LogP contribution in [-0.2, 0) is 0 Å². The molecule has 0 aliphatic heterocycles. The summed E-state index contributed by atoms with van der Waals surface area (Å²) in [5.41, 5.74) is 1.60. The Morgan fingerprint density at radius 1 is 1.64 bits per heavy atom. The second kappa shape index (κ2) is 3.94. The van der Waals surface area contributed by atoms with Crippen LogP contribution in [0.4, 0.5) is 0 Å².